The lowest BCUT2D eigenvalue weighted by atomic mass is 10.0. The standard InChI is InChI=1S/C30H28N4O4S/c1-3-26(23-7-4-6-21(16-23)18-31)34-27(17-20-9-10-20)33-29(35)28(30(34)36)39(37,38)24-13-11-22(12-14-24)25-8-5-15-32-19(25)2/h4-8,11-16,20,26,35H,3,9-10,17H2,1-2H3/t26-/m0/s1. The predicted octanol–water partition coefficient (Wildman–Crippen LogP) is 4.98. The van der Waals surface area contributed by atoms with Gasteiger partial charge in [0.2, 0.25) is 15.7 Å². The average Bonchev–Trinajstić information content (AvgIpc) is 3.75. The SMILES string of the molecule is CC[C@@H](c1cccc(C#N)c1)n1c(CC2CC2)nc(O)c(S(=O)(=O)c2ccc(-c3cccnc3C)cc2)c1=O. The first-order chi connectivity index (χ1) is 18.7. The van der Waals surface area contributed by atoms with Crippen LogP contribution in [0.4, 0.5) is 0 Å². The van der Waals surface area contributed by atoms with Crippen LogP contribution in [0.5, 0.6) is 5.88 Å². The number of benzene rings is 2. The number of sulfone groups is 1. The molecule has 1 aliphatic rings. The summed E-state index contributed by atoms with van der Waals surface area (Å²) in [5.74, 6) is -0.119. The number of hydrogen-bond donors (Lipinski definition) is 1. The summed E-state index contributed by atoms with van der Waals surface area (Å²) in [5.41, 5.74) is 2.76. The Balaban J connectivity index is 1.64. The van der Waals surface area contributed by atoms with E-state index in [0.29, 0.717) is 35.7 Å². The molecular weight excluding hydrogens is 512 g/mol. The zero-order valence-electron chi connectivity index (χ0n) is 21.7. The molecule has 0 bridgehead atoms. The van der Waals surface area contributed by atoms with Gasteiger partial charge in [0.05, 0.1) is 22.6 Å². The maximum atomic E-state index is 14.0. The van der Waals surface area contributed by atoms with Crippen LogP contribution in [0.3, 0.4) is 0 Å². The van der Waals surface area contributed by atoms with Gasteiger partial charge in [-0.05, 0) is 73.6 Å². The minimum absolute atomic E-state index is 0.122. The van der Waals surface area contributed by atoms with E-state index in [2.05, 4.69) is 16.0 Å². The topological polar surface area (TPSA) is 126 Å². The molecule has 9 heteroatoms. The van der Waals surface area contributed by atoms with E-state index in [0.717, 1.165) is 29.7 Å². The number of nitriles is 1. The van der Waals surface area contributed by atoms with Crippen LogP contribution >= 0.6 is 0 Å². The molecule has 0 radical (unpaired) electrons. The molecule has 198 valence electrons. The van der Waals surface area contributed by atoms with Crippen LogP contribution in [0.15, 0.2) is 81.4 Å². The van der Waals surface area contributed by atoms with Gasteiger partial charge in [-0.15, -0.1) is 0 Å². The van der Waals surface area contributed by atoms with Gasteiger partial charge >= 0.3 is 0 Å². The van der Waals surface area contributed by atoms with Crippen molar-refractivity contribution in [1.29, 1.82) is 5.26 Å². The number of aryl methyl sites for hydroxylation is 1. The first kappa shape index (κ1) is 26.3. The van der Waals surface area contributed by atoms with E-state index in [4.69, 9.17) is 0 Å². The zero-order valence-corrected chi connectivity index (χ0v) is 22.5. The van der Waals surface area contributed by atoms with E-state index >= 15 is 0 Å². The van der Waals surface area contributed by atoms with Crippen LogP contribution in [0, 0.1) is 24.2 Å². The maximum absolute atomic E-state index is 14.0. The van der Waals surface area contributed by atoms with Crippen molar-refractivity contribution >= 4 is 9.84 Å². The molecule has 1 atom stereocenters. The quantitative estimate of drug-likeness (QED) is 0.334. The monoisotopic (exact) mass is 540 g/mol. The summed E-state index contributed by atoms with van der Waals surface area (Å²) in [6.07, 6.45) is 4.57. The Labute approximate surface area is 227 Å². The molecule has 2 aromatic carbocycles. The highest BCUT2D eigenvalue weighted by molar-refractivity contribution is 7.91. The Bertz CT molecular complexity index is 1750. The summed E-state index contributed by atoms with van der Waals surface area (Å²) in [5, 5.41) is 20.2. The van der Waals surface area contributed by atoms with Crippen LogP contribution in [0.1, 0.15) is 54.9 Å². The van der Waals surface area contributed by atoms with Crippen molar-refractivity contribution in [2.24, 2.45) is 5.92 Å². The minimum atomic E-state index is -4.41. The molecule has 0 aliphatic heterocycles. The third-order valence-electron chi connectivity index (χ3n) is 7.15. The first-order valence-electron chi connectivity index (χ1n) is 12.9. The molecule has 0 spiro atoms. The Kier molecular flexibility index (Phi) is 7.06. The number of nitrogens with zero attached hydrogens (tertiary/aromatic N) is 4. The first-order valence-corrected chi connectivity index (χ1v) is 14.3. The number of aromatic nitrogens is 3. The van der Waals surface area contributed by atoms with Crippen molar-refractivity contribution in [2.75, 3.05) is 0 Å². The van der Waals surface area contributed by atoms with Gasteiger partial charge in [0, 0.05) is 23.9 Å². The maximum Gasteiger partial charge on any atom is 0.277 e. The van der Waals surface area contributed by atoms with Crippen molar-refractivity contribution < 1.29 is 13.5 Å². The molecule has 1 N–H and O–H groups in total. The van der Waals surface area contributed by atoms with E-state index in [1.807, 2.05) is 26.0 Å². The van der Waals surface area contributed by atoms with E-state index in [1.54, 1.807) is 42.6 Å². The lowest BCUT2D eigenvalue weighted by Crippen LogP contribution is -2.33. The Morgan fingerprint density at radius 3 is 2.51 bits per heavy atom. The fourth-order valence-electron chi connectivity index (χ4n) is 4.93. The molecule has 39 heavy (non-hydrogen) atoms. The smallest absolute Gasteiger partial charge is 0.277 e. The summed E-state index contributed by atoms with van der Waals surface area (Å²) in [4.78, 5) is 21.7. The Morgan fingerprint density at radius 1 is 1.13 bits per heavy atom. The summed E-state index contributed by atoms with van der Waals surface area (Å²) < 4.78 is 28.9. The second-order valence-corrected chi connectivity index (χ2v) is 11.7. The van der Waals surface area contributed by atoms with Crippen LogP contribution in [-0.2, 0) is 16.3 Å². The molecule has 1 saturated carbocycles. The van der Waals surface area contributed by atoms with Gasteiger partial charge in [0.15, 0.2) is 4.90 Å². The third kappa shape index (κ3) is 5.08. The van der Waals surface area contributed by atoms with Crippen molar-refractivity contribution in [3.05, 3.63) is 99.9 Å². The van der Waals surface area contributed by atoms with E-state index in [1.165, 1.54) is 16.7 Å². The van der Waals surface area contributed by atoms with Gasteiger partial charge < -0.3 is 5.11 Å². The second-order valence-electron chi connectivity index (χ2n) is 9.83. The van der Waals surface area contributed by atoms with Gasteiger partial charge in [-0.2, -0.15) is 10.2 Å². The molecule has 2 heterocycles. The number of rotatable bonds is 8. The van der Waals surface area contributed by atoms with E-state index in [-0.39, 0.29) is 4.90 Å². The largest absolute Gasteiger partial charge is 0.492 e. The molecule has 5 rings (SSSR count). The van der Waals surface area contributed by atoms with Crippen LogP contribution in [0.25, 0.3) is 11.1 Å². The molecule has 1 fully saturated rings. The van der Waals surface area contributed by atoms with Crippen LogP contribution < -0.4 is 5.56 Å². The minimum Gasteiger partial charge on any atom is -0.492 e. The lowest BCUT2D eigenvalue weighted by molar-refractivity contribution is 0.406. The molecule has 8 nitrogen and oxygen atoms in total. The molecule has 0 amide bonds. The average molecular weight is 541 g/mol. The van der Waals surface area contributed by atoms with Gasteiger partial charge in [-0.25, -0.2) is 8.42 Å². The van der Waals surface area contributed by atoms with Crippen molar-refractivity contribution in [1.82, 2.24) is 14.5 Å². The number of aromatic hydroxyl groups is 1. The molecule has 1 aliphatic carbocycles. The highest BCUT2D eigenvalue weighted by atomic mass is 32.2. The lowest BCUT2D eigenvalue weighted by Gasteiger charge is -2.23. The normalized spacial score (nSPS) is 14.1. The summed E-state index contributed by atoms with van der Waals surface area (Å²) in [6, 6.07) is 18.3. The fourth-order valence-corrected chi connectivity index (χ4v) is 6.28. The van der Waals surface area contributed by atoms with Gasteiger partial charge in [0.25, 0.3) is 5.56 Å². The van der Waals surface area contributed by atoms with Crippen molar-refractivity contribution in [2.45, 2.75) is 55.4 Å². The zero-order chi connectivity index (χ0) is 27.7. The second kappa shape index (κ2) is 10.5. The summed E-state index contributed by atoms with van der Waals surface area (Å²) >= 11 is 0. The third-order valence-corrected chi connectivity index (χ3v) is 8.93. The Morgan fingerprint density at radius 2 is 1.87 bits per heavy atom. The van der Waals surface area contributed by atoms with Gasteiger partial charge in [-0.1, -0.05) is 37.3 Å². The molecular formula is C30H28N4O4S. The Hall–Kier alpha value is -4.29. The number of hydrogen-bond acceptors (Lipinski definition) is 7. The molecule has 0 unspecified atom stereocenters. The van der Waals surface area contributed by atoms with Crippen molar-refractivity contribution in [3.8, 4) is 23.1 Å². The number of pyridine rings is 1. The van der Waals surface area contributed by atoms with Gasteiger partial charge in [-0.3, -0.25) is 14.3 Å². The summed E-state index contributed by atoms with van der Waals surface area (Å²) in [6.45, 7) is 3.75. The van der Waals surface area contributed by atoms with Crippen molar-refractivity contribution in [3.63, 3.8) is 0 Å². The van der Waals surface area contributed by atoms with Crippen LogP contribution in [-0.4, -0.2) is 28.1 Å². The highest BCUT2D eigenvalue weighted by Gasteiger charge is 2.33. The highest BCUT2D eigenvalue weighted by Crippen LogP contribution is 2.35. The fraction of sp³-hybridized carbons (Fsp3) is 0.267. The molecule has 0 saturated heterocycles. The van der Waals surface area contributed by atoms with Crippen LogP contribution in [0.2, 0.25) is 0 Å². The van der Waals surface area contributed by atoms with E-state index < -0.39 is 32.2 Å². The molecule has 2 aromatic heterocycles. The molecule has 4 aromatic rings. The van der Waals surface area contributed by atoms with Gasteiger partial charge in [0.1, 0.15) is 5.82 Å². The summed E-state index contributed by atoms with van der Waals surface area (Å²) in [7, 11) is -4.41. The predicted molar refractivity (Wildman–Crippen MR) is 146 cm³/mol. The van der Waals surface area contributed by atoms with E-state index in [9.17, 15) is 23.6 Å².